The van der Waals surface area contributed by atoms with Crippen molar-refractivity contribution >= 4 is 43.4 Å². The Hall–Kier alpha value is -4.36. The molecule has 1 heterocycles. The normalized spacial score (nSPS) is 12.6. The van der Waals surface area contributed by atoms with Crippen LogP contribution in [0.3, 0.4) is 0 Å². The molecule has 1 aliphatic carbocycles. The summed E-state index contributed by atoms with van der Waals surface area (Å²) in [4.78, 5) is 0. The Bertz CT molecular complexity index is 1920. The Balaban J connectivity index is 1.55. The van der Waals surface area contributed by atoms with Crippen LogP contribution in [0, 0.1) is 0 Å². The molecule has 158 valence electrons. The summed E-state index contributed by atoms with van der Waals surface area (Å²) in [5, 5.41) is 7.97. The fraction of sp³-hybridized carbons (Fsp3) is 0.0303. The Kier molecular flexibility index (Phi) is 3.51. The van der Waals surface area contributed by atoms with Gasteiger partial charge in [-0.15, -0.1) is 0 Å². The highest BCUT2D eigenvalue weighted by Gasteiger charge is 2.26. The van der Waals surface area contributed by atoms with E-state index in [1.165, 1.54) is 71.3 Å². The molecule has 0 amide bonds. The molecule has 0 bridgehead atoms. The van der Waals surface area contributed by atoms with Crippen LogP contribution in [0.1, 0.15) is 11.1 Å². The highest BCUT2D eigenvalue weighted by atomic mass is 15.0. The van der Waals surface area contributed by atoms with E-state index in [0.29, 0.717) is 0 Å². The lowest BCUT2D eigenvalue weighted by molar-refractivity contribution is 1.18. The Morgan fingerprint density at radius 2 is 1.26 bits per heavy atom. The van der Waals surface area contributed by atoms with Gasteiger partial charge in [0.1, 0.15) is 0 Å². The maximum atomic E-state index is 2.44. The molecule has 0 radical (unpaired) electrons. The highest BCUT2D eigenvalue weighted by molar-refractivity contribution is 6.18. The molecule has 8 rings (SSSR count). The van der Waals surface area contributed by atoms with Gasteiger partial charge in [0.2, 0.25) is 0 Å². The van der Waals surface area contributed by atoms with Gasteiger partial charge < -0.3 is 4.57 Å². The number of para-hydroxylation sites is 1. The zero-order valence-corrected chi connectivity index (χ0v) is 18.6. The van der Waals surface area contributed by atoms with Crippen LogP contribution in [0.5, 0.6) is 0 Å². The summed E-state index contributed by atoms with van der Waals surface area (Å²) in [5.41, 5.74) is 9.46. The van der Waals surface area contributed by atoms with Gasteiger partial charge in [-0.1, -0.05) is 84.9 Å². The first kappa shape index (κ1) is 18.1. The number of aromatic nitrogens is 1. The second kappa shape index (κ2) is 6.59. The van der Waals surface area contributed by atoms with Gasteiger partial charge in [0, 0.05) is 16.5 Å². The first-order valence-electron chi connectivity index (χ1n) is 11.9. The van der Waals surface area contributed by atoms with Gasteiger partial charge in [0.25, 0.3) is 0 Å². The fourth-order valence-corrected chi connectivity index (χ4v) is 6.11. The van der Waals surface area contributed by atoms with Crippen LogP contribution in [-0.4, -0.2) is 4.57 Å². The van der Waals surface area contributed by atoms with Gasteiger partial charge in [-0.2, -0.15) is 0 Å². The monoisotopic (exact) mass is 431 g/mol. The minimum absolute atomic E-state index is 0.980. The number of hydrogen-bond acceptors (Lipinski definition) is 0. The molecule has 0 N–H and O–H groups in total. The zero-order valence-electron chi connectivity index (χ0n) is 18.6. The highest BCUT2D eigenvalue weighted by Crippen LogP contribution is 2.47. The minimum Gasteiger partial charge on any atom is -0.309 e. The summed E-state index contributed by atoms with van der Waals surface area (Å²) in [6, 6.07) is 42.3. The molecule has 0 saturated heterocycles. The number of benzene rings is 6. The third-order valence-electron chi connectivity index (χ3n) is 7.57. The summed E-state index contributed by atoms with van der Waals surface area (Å²) in [6.07, 6.45) is 0.980. The van der Waals surface area contributed by atoms with Gasteiger partial charge >= 0.3 is 0 Å². The van der Waals surface area contributed by atoms with Crippen LogP contribution in [0.25, 0.3) is 60.2 Å². The molecule has 1 aliphatic rings. The van der Waals surface area contributed by atoms with Gasteiger partial charge in [-0.25, -0.2) is 0 Å². The van der Waals surface area contributed by atoms with E-state index in [1.54, 1.807) is 0 Å². The lowest BCUT2D eigenvalue weighted by Crippen LogP contribution is -1.93. The van der Waals surface area contributed by atoms with Crippen molar-refractivity contribution in [2.75, 3.05) is 0 Å². The fourth-order valence-electron chi connectivity index (χ4n) is 6.11. The van der Waals surface area contributed by atoms with E-state index in [-0.39, 0.29) is 0 Å². The molecule has 1 heteroatoms. The van der Waals surface area contributed by atoms with Crippen molar-refractivity contribution in [3.8, 4) is 16.8 Å². The topological polar surface area (TPSA) is 4.93 Å². The molecule has 0 spiro atoms. The summed E-state index contributed by atoms with van der Waals surface area (Å²) in [7, 11) is 0. The average Bonchev–Trinajstić information content (AvgIpc) is 3.43. The number of rotatable bonds is 1. The predicted octanol–water partition coefficient (Wildman–Crippen LogP) is 8.66. The second-order valence-corrected chi connectivity index (χ2v) is 9.37. The third kappa shape index (κ3) is 2.34. The maximum absolute atomic E-state index is 2.44. The van der Waals surface area contributed by atoms with Gasteiger partial charge in [0.05, 0.1) is 11.0 Å². The average molecular weight is 432 g/mol. The van der Waals surface area contributed by atoms with Crippen LogP contribution in [0.2, 0.25) is 0 Å². The van der Waals surface area contributed by atoms with Gasteiger partial charge in [-0.05, 0) is 80.6 Å². The number of nitrogens with zero attached hydrogens (tertiary/aromatic N) is 1. The molecule has 34 heavy (non-hydrogen) atoms. The van der Waals surface area contributed by atoms with Gasteiger partial charge in [0.15, 0.2) is 0 Å². The molecule has 0 fully saturated rings. The molecular weight excluding hydrogens is 410 g/mol. The maximum Gasteiger partial charge on any atom is 0.0547 e. The van der Waals surface area contributed by atoms with E-state index in [4.69, 9.17) is 0 Å². The van der Waals surface area contributed by atoms with Crippen molar-refractivity contribution in [3.05, 3.63) is 126 Å². The van der Waals surface area contributed by atoms with Crippen LogP contribution in [-0.2, 0) is 6.42 Å². The summed E-state index contributed by atoms with van der Waals surface area (Å²) in [5.74, 6) is 0. The Morgan fingerprint density at radius 1 is 0.529 bits per heavy atom. The SMILES string of the molecule is c1ccc(-n2c3cc4ccccc4cc3c3c4c(ccc32)-c2c(ccc3ccccc23)C4)cc1. The molecule has 7 aromatic rings. The van der Waals surface area contributed by atoms with E-state index in [0.717, 1.165) is 6.42 Å². The van der Waals surface area contributed by atoms with Gasteiger partial charge in [-0.3, -0.25) is 0 Å². The number of hydrogen-bond donors (Lipinski definition) is 0. The quantitative estimate of drug-likeness (QED) is 0.245. The van der Waals surface area contributed by atoms with Crippen LogP contribution in [0.4, 0.5) is 0 Å². The summed E-state index contributed by atoms with van der Waals surface area (Å²) >= 11 is 0. The van der Waals surface area contributed by atoms with Crippen molar-refractivity contribution < 1.29 is 0 Å². The zero-order chi connectivity index (χ0) is 22.2. The van der Waals surface area contributed by atoms with E-state index in [1.807, 2.05) is 0 Å². The van der Waals surface area contributed by atoms with E-state index in [2.05, 4.69) is 120 Å². The van der Waals surface area contributed by atoms with Crippen LogP contribution >= 0.6 is 0 Å². The molecule has 0 saturated carbocycles. The third-order valence-corrected chi connectivity index (χ3v) is 7.57. The van der Waals surface area contributed by atoms with E-state index in [9.17, 15) is 0 Å². The smallest absolute Gasteiger partial charge is 0.0547 e. The molecule has 1 nitrogen and oxygen atoms in total. The molecule has 0 atom stereocenters. The first-order valence-corrected chi connectivity index (χ1v) is 11.9. The second-order valence-electron chi connectivity index (χ2n) is 9.37. The predicted molar refractivity (Wildman–Crippen MR) is 144 cm³/mol. The lowest BCUT2D eigenvalue weighted by Gasteiger charge is -2.09. The Morgan fingerprint density at radius 3 is 2.12 bits per heavy atom. The molecule has 6 aromatic carbocycles. The van der Waals surface area contributed by atoms with Crippen molar-refractivity contribution in [1.82, 2.24) is 4.57 Å². The van der Waals surface area contributed by atoms with E-state index >= 15 is 0 Å². The van der Waals surface area contributed by atoms with Crippen molar-refractivity contribution in [1.29, 1.82) is 0 Å². The Labute approximate surface area is 197 Å². The number of fused-ring (bicyclic) bond motifs is 10. The van der Waals surface area contributed by atoms with Crippen molar-refractivity contribution in [2.24, 2.45) is 0 Å². The van der Waals surface area contributed by atoms with Crippen LogP contribution < -0.4 is 0 Å². The van der Waals surface area contributed by atoms with Crippen molar-refractivity contribution in [2.45, 2.75) is 6.42 Å². The molecule has 0 unspecified atom stereocenters. The van der Waals surface area contributed by atoms with Crippen LogP contribution in [0.15, 0.2) is 115 Å². The summed E-state index contributed by atoms with van der Waals surface area (Å²) < 4.78 is 2.44. The first-order chi connectivity index (χ1) is 16.9. The molecule has 1 aromatic heterocycles. The molecular formula is C33H21N. The minimum atomic E-state index is 0.980. The van der Waals surface area contributed by atoms with E-state index < -0.39 is 0 Å². The standard InChI is InChI=1S/C33H21N/c1-2-11-25(12-3-1)34-30-17-16-27-28(19-24-15-14-21-8-6-7-13-26(21)32(24)27)33(30)29-18-22-9-4-5-10-23(22)20-31(29)34/h1-18,20H,19H2. The lowest BCUT2D eigenvalue weighted by atomic mass is 9.96. The summed E-state index contributed by atoms with van der Waals surface area (Å²) in [6.45, 7) is 0. The van der Waals surface area contributed by atoms with Crippen molar-refractivity contribution in [3.63, 3.8) is 0 Å². The molecule has 0 aliphatic heterocycles. The largest absolute Gasteiger partial charge is 0.309 e.